The summed E-state index contributed by atoms with van der Waals surface area (Å²) in [7, 11) is 1.36. The fraction of sp³-hybridized carbons (Fsp3) is 0.389. The number of hydrogen-bond acceptors (Lipinski definition) is 4. The largest absolute Gasteiger partial charge is 0.469 e. The zero-order valence-electron chi connectivity index (χ0n) is 14.3. The average molecular weight is 329 g/mol. The van der Waals surface area contributed by atoms with E-state index in [1.807, 2.05) is 37.3 Å². The lowest BCUT2D eigenvalue weighted by molar-refractivity contribution is -0.147. The summed E-state index contributed by atoms with van der Waals surface area (Å²) in [6.45, 7) is 4.34. The van der Waals surface area contributed by atoms with Gasteiger partial charge >= 0.3 is 5.97 Å². The van der Waals surface area contributed by atoms with Crippen LogP contribution in [0.4, 0.5) is 0 Å². The molecular weight excluding hydrogens is 306 g/mol. The first kappa shape index (κ1) is 17.7. The van der Waals surface area contributed by atoms with E-state index in [1.165, 1.54) is 7.11 Å². The van der Waals surface area contributed by atoms with Crippen LogP contribution in [0.1, 0.15) is 25.5 Å². The van der Waals surface area contributed by atoms with Crippen LogP contribution in [-0.2, 0) is 20.9 Å². The molecule has 0 aliphatic heterocycles. The Morgan fingerprint density at radius 3 is 2.54 bits per heavy atom. The molecule has 0 unspecified atom stereocenters. The molecule has 0 radical (unpaired) electrons. The highest BCUT2D eigenvalue weighted by Crippen LogP contribution is 2.15. The van der Waals surface area contributed by atoms with Gasteiger partial charge in [-0.05, 0) is 12.5 Å². The maximum Gasteiger partial charge on any atom is 0.310 e. The minimum Gasteiger partial charge on any atom is -0.469 e. The normalized spacial score (nSPS) is 13.1. The smallest absolute Gasteiger partial charge is 0.310 e. The second kappa shape index (κ2) is 8.29. The van der Waals surface area contributed by atoms with Gasteiger partial charge in [0.1, 0.15) is 6.04 Å². The summed E-state index contributed by atoms with van der Waals surface area (Å²) >= 11 is 0. The monoisotopic (exact) mass is 329 g/mol. The molecule has 6 nitrogen and oxygen atoms in total. The number of methoxy groups -OCH3 is 1. The van der Waals surface area contributed by atoms with E-state index in [9.17, 15) is 9.59 Å². The van der Waals surface area contributed by atoms with E-state index in [4.69, 9.17) is 4.74 Å². The van der Waals surface area contributed by atoms with Crippen LogP contribution in [0.25, 0.3) is 0 Å². The van der Waals surface area contributed by atoms with E-state index >= 15 is 0 Å². The molecule has 128 valence electrons. The third-order valence-electron chi connectivity index (χ3n) is 3.96. The van der Waals surface area contributed by atoms with Crippen molar-refractivity contribution >= 4 is 11.9 Å². The first-order valence-corrected chi connectivity index (χ1v) is 7.91. The Kier molecular flexibility index (Phi) is 6.12. The first-order chi connectivity index (χ1) is 11.5. The van der Waals surface area contributed by atoms with Crippen LogP contribution >= 0.6 is 0 Å². The SMILES string of the molecule is COC(=O)[C@H](C)CN(Cc1ccccc1)C(=O)[C@@H](C)n1ccnc1. The van der Waals surface area contributed by atoms with Crippen LogP contribution in [0.3, 0.4) is 0 Å². The number of hydrogen-bond donors (Lipinski definition) is 0. The summed E-state index contributed by atoms with van der Waals surface area (Å²) < 4.78 is 6.54. The van der Waals surface area contributed by atoms with Gasteiger partial charge in [0.25, 0.3) is 0 Å². The summed E-state index contributed by atoms with van der Waals surface area (Å²) in [5.74, 6) is -0.776. The third kappa shape index (κ3) is 4.44. The van der Waals surface area contributed by atoms with Gasteiger partial charge in [0.2, 0.25) is 5.91 Å². The number of aromatic nitrogens is 2. The van der Waals surface area contributed by atoms with Crippen LogP contribution < -0.4 is 0 Å². The van der Waals surface area contributed by atoms with Crippen LogP contribution in [0.2, 0.25) is 0 Å². The number of nitrogens with zero attached hydrogens (tertiary/aromatic N) is 3. The van der Waals surface area contributed by atoms with E-state index < -0.39 is 5.92 Å². The number of amides is 1. The van der Waals surface area contributed by atoms with Gasteiger partial charge in [-0.2, -0.15) is 0 Å². The second-order valence-corrected chi connectivity index (χ2v) is 5.81. The van der Waals surface area contributed by atoms with Crippen LogP contribution in [0.15, 0.2) is 49.1 Å². The van der Waals surface area contributed by atoms with Crippen LogP contribution in [0.5, 0.6) is 0 Å². The zero-order valence-corrected chi connectivity index (χ0v) is 14.3. The molecule has 2 rings (SSSR count). The lowest BCUT2D eigenvalue weighted by Crippen LogP contribution is -2.40. The van der Waals surface area contributed by atoms with Crippen molar-refractivity contribution in [1.82, 2.24) is 14.5 Å². The van der Waals surface area contributed by atoms with Gasteiger partial charge in [0.15, 0.2) is 0 Å². The molecule has 0 saturated heterocycles. The highest BCUT2D eigenvalue weighted by molar-refractivity contribution is 5.81. The molecule has 24 heavy (non-hydrogen) atoms. The number of benzene rings is 1. The van der Waals surface area contributed by atoms with Crippen LogP contribution in [0, 0.1) is 5.92 Å². The lowest BCUT2D eigenvalue weighted by atomic mass is 10.1. The summed E-state index contributed by atoms with van der Waals surface area (Å²) in [5, 5.41) is 0. The molecule has 0 aliphatic rings. The molecule has 1 aromatic heterocycles. The Hall–Kier alpha value is -2.63. The van der Waals surface area contributed by atoms with E-state index in [0.29, 0.717) is 13.1 Å². The average Bonchev–Trinajstić information content (AvgIpc) is 3.14. The maximum atomic E-state index is 12.9. The molecule has 2 atom stereocenters. The van der Waals surface area contributed by atoms with E-state index in [2.05, 4.69) is 4.98 Å². The Morgan fingerprint density at radius 2 is 1.96 bits per heavy atom. The van der Waals surface area contributed by atoms with Crippen molar-refractivity contribution < 1.29 is 14.3 Å². The quantitative estimate of drug-likeness (QED) is 0.731. The number of carbonyl (C=O) groups is 2. The van der Waals surface area contributed by atoms with Crippen molar-refractivity contribution in [2.45, 2.75) is 26.4 Å². The summed E-state index contributed by atoms with van der Waals surface area (Å²) in [5.41, 5.74) is 1.01. The van der Waals surface area contributed by atoms with Gasteiger partial charge < -0.3 is 14.2 Å². The van der Waals surface area contributed by atoms with E-state index in [0.717, 1.165) is 5.56 Å². The van der Waals surface area contributed by atoms with Crippen molar-refractivity contribution in [3.8, 4) is 0 Å². The van der Waals surface area contributed by atoms with Gasteiger partial charge in [0.05, 0.1) is 19.4 Å². The van der Waals surface area contributed by atoms with E-state index in [-0.39, 0.29) is 17.9 Å². The minimum absolute atomic E-state index is 0.0624. The molecule has 1 heterocycles. The molecule has 0 fully saturated rings. The number of ether oxygens (including phenoxy) is 1. The topological polar surface area (TPSA) is 64.4 Å². The number of imidazole rings is 1. The molecule has 0 spiro atoms. The Bertz CT molecular complexity index is 655. The molecule has 1 amide bonds. The van der Waals surface area contributed by atoms with Gasteiger partial charge in [-0.15, -0.1) is 0 Å². The Morgan fingerprint density at radius 1 is 1.25 bits per heavy atom. The molecule has 0 saturated carbocycles. The number of esters is 1. The summed E-state index contributed by atoms with van der Waals surface area (Å²) in [6.07, 6.45) is 5.02. The summed E-state index contributed by atoms with van der Waals surface area (Å²) in [4.78, 5) is 30.3. The second-order valence-electron chi connectivity index (χ2n) is 5.81. The Labute approximate surface area is 142 Å². The van der Waals surface area contributed by atoms with Crippen molar-refractivity contribution in [1.29, 1.82) is 0 Å². The summed E-state index contributed by atoms with van der Waals surface area (Å²) in [6, 6.07) is 9.33. The number of carbonyl (C=O) groups excluding carboxylic acids is 2. The van der Waals surface area contributed by atoms with Gasteiger partial charge in [0, 0.05) is 25.5 Å². The van der Waals surface area contributed by atoms with E-state index in [1.54, 1.807) is 35.1 Å². The molecular formula is C18H23N3O3. The Balaban J connectivity index is 2.17. The van der Waals surface area contributed by atoms with Crippen molar-refractivity contribution in [3.63, 3.8) is 0 Å². The molecule has 1 aromatic carbocycles. The first-order valence-electron chi connectivity index (χ1n) is 7.91. The lowest BCUT2D eigenvalue weighted by Gasteiger charge is -2.28. The third-order valence-corrected chi connectivity index (χ3v) is 3.96. The molecule has 2 aromatic rings. The molecule has 6 heteroatoms. The van der Waals surface area contributed by atoms with Gasteiger partial charge in [-0.25, -0.2) is 4.98 Å². The predicted octanol–water partition coefficient (Wildman–Crippen LogP) is 2.28. The highest BCUT2D eigenvalue weighted by Gasteiger charge is 2.26. The van der Waals surface area contributed by atoms with Crippen LogP contribution in [-0.4, -0.2) is 40.0 Å². The standard InChI is InChI=1S/C18H23N3O3/c1-14(18(23)24-3)11-21(12-16-7-5-4-6-8-16)17(22)15(2)20-10-9-19-13-20/h4-10,13-15H,11-12H2,1-3H3/t14-,15-/m1/s1. The maximum absolute atomic E-state index is 12.9. The van der Waals surface area contributed by atoms with Crippen molar-refractivity contribution in [2.24, 2.45) is 5.92 Å². The molecule has 0 aliphatic carbocycles. The fourth-order valence-corrected chi connectivity index (χ4v) is 2.53. The van der Waals surface area contributed by atoms with Gasteiger partial charge in [-0.3, -0.25) is 9.59 Å². The molecule has 0 bridgehead atoms. The highest BCUT2D eigenvalue weighted by atomic mass is 16.5. The predicted molar refractivity (Wildman–Crippen MR) is 90.0 cm³/mol. The van der Waals surface area contributed by atoms with Gasteiger partial charge in [-0.1, -0.05) is 37.3 Å². The fourth-order valence-electron chi connectivity index (χ4n) is 2.53. The number of rotatable bonds is 7. The van der Waals surface area contributed by atoms with Crippen molar-refractivity contribution in [3.05, 3.63) is 54.6 Å². The minimum atomic E-state index is -0.391. The molecule has 0 N–H and O–H groups in total. The zero-order chi connectivity index (χ0) is 17.5. The van der Waals surface area contributed by atoms with Crippen molar-refractivity contribution in [2.75, 3.05) is 13.7 Å².